The number of hydrogen-bond donors (Lipinski definition) is 1. The van der Waals surface area contributed by atoms with Crippen molar-refractivity contribution in [2.24, 2.45) is 0 Å². The van der Waals surface area contributed by atoms with Crippen molar-refractivity contribution in [2.45, 2.75) is 65.5 Å². The maximum atomic E-state index is 14.8. The molecule has 46 heavy (non-hydrogen) atoms. The fourth-order valence-corrected chi connectivity index (χ4v) is 7.49. The number of nitrogens with one attached hydrogen (secondary N) is 1. The number of nitrogens with zero attached hydrogens (tertiary/aromatic N) is 5. The van der Waals surface area contributed by atoms with Gasteiger partial charge in [0.25, 0.3) is 5.56 Å². The number of pyridine rings is 3. The number of fused-ring (bicyclic) bond motifs is 6. The van der Waals surface area contributed by atoms with E-state index in [-0.39, 0.29) is 29.5 Å². The monoisotopic (exact) mass is 638 g/mol. The van der Waals surface area contributed by atoms with Crippen molar-refractivity contribution in [3.63, 3.8) is 0 Å². The van der Waals surface area contributed by atoms with E-state index in [4.69, 9.17) is 26.0 Å². The molecule has 2 aliphatic heterocycles. The molecule has 2 unspecified atom stereocenters. The molecule has 5 aromatic rings. The van der Waals surface area contributed by atoms with Crippen molar-refractivity contribution >= 4 is 45.3 Å². The minimum absolute atomic E-state index is 0.0148. The number of H-pyrrole nitrogens is 1. The van der Waals surface area contributed by atoms with Gasteiger partial charge in [0.1, 0.15) is 5.65 Å². The van der Waals surface area contributed by atoms with Crippen LogP contribution in [0.3, 0.4) is 0 Å². The summed E-state index contributed by atoms with van der Waals surface area (Å²) < 4.78 is 7.29. The van der Waals surface area contributed by atoms with E-state index in [2.05, 4.69) is 30.3 Å². The van der Waals surface area contributed by atoms with Crippen molar-refractivity contribution in [1.29, 1.82) is 0 Å². The number of halogens is 1. The van der Waals surface area contributed by atoms with E-state index in [1.54, 1.807) is 16.8 Å². The predicted molar refractivity (Wildman–Crippen MR) is 180 cm³/mol. The molecular formula is C35H35ClN6O4. The van der Waals surface area contributed by atoms with Gasteiger partial charge in [0.05, 0.1) is 33.3 Å². The highest BCUT2D eigenvalue weighted by atomic mass is 35.5. The van der Waals surface area contributed by atoms with Crippen LogP contribution in [0.15, 0.2) is 57.1 Å². The molecule has 0 spiro atoms. The first-order chi connectivity index (χ1) is 22.0. The minimum Gasteiger partial charge on any atom is -0.407 e. The summed E-state index contributed by atoms with van der Waals surface area (Å²) in [5.41, 5.74) is 6.85. The summed E-state index contributed by atoms with van der Waals surface area (Å²) in [6.07, 6.45) is 4.39. The van der Waals surface area contributed by atoms with Crippen LogP contribution in [0.1, 0.15) is 55.5 Å². The van der Waals surface area contributed by atoms with Crippen LogP contribution in [0, 0.1) is 13.8 Å². The molecule has 1 aromatic carbocycles. The highest BCUT2D eigenvalue weighted by Gasteiger charge is 2.39. The molecule has 1 fully saturated rings. The van der Waals surface area contributed by atoms with Gasteiger partial charge in [0.15, 0.2) is 5.58 Å². The Labute approximate surface area is 270 Å². The molecule has 11 heteroatoms. The average Bonchev–Trinajstić information content (AvgIpc) is 3.41. The van der Waals surface area contributed by atoms with E-state index in [9.17, 15) is 14.4 Å². The standard InChI is InChI=1S/C35H35ClN6O4/c1-7-26(43)40-16-21-9-10-22-31(41(21)15-20(40)6)23-14-24(36)29(27-18(4)8-11-25-32(27)46-35(45)38-25)39-33(23)42(34(22)44)30-19(5)12-13-37-28(30)17(2)3/h7-8,11-14,17,20-21H,1,9-10,15-16H2,2-6H3,(H,38,45). The first-order valence-corrected chi connectivity index (χ1v) is 15.9. The van der Waals surface area contributed by atoms with Crippen molar-refractivity contribution in [3.8, 4) is 16.9 Å². The first kappa shape index (κ1) is 30.0. The Bertz CT molecular complexity index is 2210. The van der Waals surface area contributed by atoms with Crippen LogP contribution >= 0.6 is 11.6 Å². The van der Waals surface area contributed by atoms with Crippen LogP contribution in [0.25, 0.3) is 39.1 Å². The molecule has 0 bridgehead atoms. The van der Waals surface area contributed by atoms with Gasteiger partial charge in [-0.15, -0.1) is 0 Å². The maximum absolute atomic E-state index is 14.8. The lowest BCUT2D eigenvalue weighted by Crippen LogP contribution is -2.60. The van der Waals surface area contributed by atoms with Crippen LogP contribution in [0.5, 0.6) is 0 Å². The molecule has 6 heterocycles. The van der Waals surface area contributed by atoms with Crippen molar-refractivity contribution in [2.75, 3.05) is 18.0 Å². The largest absolute Gasteiger partial charge is 0.417 e. The Balaban J connectivity index is 1.58. The number of piperazine rings is 1. The van der Waals surface area contributed by atoms with Crippen LogP contribution in [-0.4, -0.2) is 55.5 Å². The van der Waals surface area contributed by atoms with Crippen LogP contribution in [0.4, 0.5) is 5.69 Å². The molecule has 1 saturated heterocycles. The van der Waals surface area contributed by atoms with Crippen LogP contribution in [-0.2, 0) is 11.2 Å². The summed E-state index contributed by atoms with van der Waals surface area (Å²) in [6, 6.07) is 7.36. The third kappa shape index (κ3) is 4.49. The lowest BCUT2D eigenvalue weighted by molar-refractivity contribution is -0.129. The Hall–Kier alpha value is -4.70. The maximum Gasteiger partial charge on any atom is 0.417 e. The number of aryl methyl sites for hydroxylation is 2. The van der Waals surface area contributed by atoms with Crippen LogP contribution in [0.2, 0.25) is 5.02 Å². The highest BCUT2D eigenvalue weighted by Crippen LogP contribution is 2.43. The van der Waals surface area contributed by atoms with Gasteiger partial charge in [-0.1, -0.05) is 38.1 Å². The highest BCUT2D eigenvalue weighted by molar-refractivity contribution is 6.34. The van der Waals surface area contributed by atoms with E-state index >= 15 is 0 Å². The van der Waals surface area contributed by atoms with Gasteiger partial charge in [0.2, 0.25) is 5.91 Å². The molecule has 0 radical (unpaired) electrons. The fourth-order valence-electron chi connectivity index (χ4n) is 7.24. The van der Waals surface area contributed by atoms with E-state index in [1.807, 2.05) is 43.9 Å². The van der Waals surface area contributed by atoms with E-state index < -0.39 is 5.76 Å². The summed E-state index contributed by atoms with van der Waals surface area (Å²) in [7, 11) is 0. The van der Waals surface area contributed by atoms with Gasteiger partial charge < -0.3 is 14.2 Å². The number of oxazole rings is 1. The molecule has 7 rings (SSSR count). The third-order valence-electron chi connectivity index (χ3n) is 9.44. The number of carbonyl (C=O) groups is 1. The number of anilines is 1. The van der Waals surface area contributed by atoms with E-state index in [0.717, 1.165) is 34.3 Å². The number of amides is 1. The van der Waals surface area contributed by atoms with Crippen molar-refractivity contribution in [1.82, 2.24) is 24.4 Å². The third-order valence-corrected chi connectivity index (χ3v) is 9.73. The molecule has 1 amide bonds. The molecule has 0 aliphatic carbocycles. The fraction of sp³-hybridized carbons (Fsp3) is 0.343. The Morgan fingerprint density at radius 3 is 2.67 bits per heavy atom. The summed E-state index contributed by atoms with van der Waals surface area (Å²) >= 11 is 7.12. The Morgan fingerprint density at radius 2 is 1.93 bits per heavy atom. The van der Waals surface area contributed by atoms with E-state index in [0.29, 0.717) is 63.8 Å². The quantitative estimate of drug-likeness (QED) is 0.247. The lowest BCUT2D eigenvalue weighted by atomic mass is 9.91. The summed E-state index contributed by atoms with van der Waals surface area (Å²) in [5, 5.41) is 1.10. The zero-order valence-electron chi connectivity index (χ0n) is 26.5. The summed E-state index contributed by atoms with van der Waals surface area (Å²) in [5.74, 6) is -0.640. The van der Waals surface area contributed by atoms with Crippen LogP contribution < -0.4 is 16.2 Å². The summed E-state index contributed by atoms with van der Waals surface area (Å²) in [4.78, 5) is 56.5. The molecule has 1 N–H and O–H groups in total. The second kappa shape index (κ2) is 11.0. The molecule has 0 saturated carbocycles. The number of aromatic amines is 1. The second-order valence-corrected chi connectivity index (χ2v) is 13.1. The SMILES string of the molecule is C=CC(=O)N1CC2CCc3c(c4cc(Cl)c(-c5c(C)ccc6[nH]c(=O)oc56)nc4n(-c4c(C)ccnc4C(C)C)c3=O)N2CC1C. The molecular weight excluding hydrogens is 604 g/mol. The van der Waals surface area contributed by atoms with Crippen molar-refractivity contribution in [3.05, 3.63) is 91.4 Å². The predicted octanol–water partition coefficient (Wildman–Crippen LogP) is 5.81. The summed E-state index contributed by atoms with van der Waals surface area (Å²) in [6.45, 7) is 14.8. The van der Waals surface area contributed by atoms with E-state index in [1.165, 1.54) is 6.08 Å². The number of benzene rings is 1. The van der Waals surface area contributed by atoms with Crippen molar-refractivity contribution < 1.29 is 9.21 Å². The molecule has 2 aliphatic rings. The molecule has 4 aromatic heterocycles. The van der Waals surface area contributed by atoms with Gasteiger partial charge in [-0.3, -0.25) is 24.1 Å². The molecule has 2 atom stereocenters. The van der Waals surface area contributed by atoms with Gasteiger partial charge >= 0.3 is 5.76 Å². The number of rotatable bonds is 4. The zero-order chi connectivity index (χ0) is 32.6. The van der Waals surface area contributed by atoms with Gasteiger partial charge in [-0.2, -0.15) is 0 Å². The molecule has 10 nitrogen and oxygen atoms in total. The minimum atomic E-state index is -0.577. The van der Waals surface area contributed by atoms with Gasteiger partial charge in [-0.05, 0) is 74.9 Å². The Kier molecular flexibility index (Phi) is 7.15. The number of carbonyl (C=O) groups excluding carboxylic acids is 1. The lowest BCUT2D eigenvalue weighted by Gasteiger charge is -2.49. The van der Waals surface area contributed by atoms with Gasteiger partial charge in [-0.25, -0.2) is 9.78 Å². The first-order valence-electron chi connectivity index (χ1n) is 15.6. The zero-order valence-corrected chi connectivity index (χ0v) is 27.2. The normalized spacial score (nSPS) is 17.9. The topological polar surface area (TPSA) is 117 Å². The average molecular weight is 639 g/mol. The second-order valence-electron chi connectivity index (χ2n) is 12.7. The molecule has 236 valence electrons. The number of aromatic nitrogens is 4. The smallest absolute Gasteiger partial charge is 0.407 e. The number of hydrogen-bond acceptors (Lipinski definition) is 7. The van der Waals surface area contributed by atoms with Gasteiger partial charge in [0, 0.05) is 47.9 Å². The Morgan fingerprint density at radius 1 is 1.15 bits per heavy atom.